The zero-order valence-corrected chi connectivity index (χ0v) is 18.7. The van der Waals surface area contributed by atoms with Crippen molar-refractivity contribution >= 4 is 15.7 Å². The average Bonchev–Trinajstić information content (AvgIpc) is 3.21. The zero-order chi connectivity index (χ0) is 22.3. The fraction of sp³-hybridized carbons (Fsp3) is 0.409. The lowest BCUT2D eigenvalue weighted by Gasteiger charge is -2.30. The minimum Gasteiger partial charge on any atom is -0.493 e. The van der Waals surface area contributed by atoms with Gasteiger partial charge < -0.3 is 23.8 Å². The van der Waals surface area contributed by atoms with Crippen LogP contribution in [0, 0.1) is 0 Å². The molecular weight excluding hydrogens is 422 g/mol. The molecule has 0 fully saturated rings. The predicted molar refractivity (Wildman–Crippen MR) is 113 cm³/mol. The number of nitrogens with zero attached hydrogens (tertiary/aromatic N) is 1. The molecule has 31 heavy (non-hydrogen) atoms. The van der Waals surface area contributed by atoms with Crippen LogP contribution < -0.4 is 18.9 Å². The number of ether oxygens (including phenoxy) is 4. The average molecular weight is 448 g/mol. The molecule has 0 aromatic heterocycles. The van der Waals surface area contributed by atoms with Gasteiger partial charge in [0.1, 0.15) is 5.75 Å². The number of hydrogen-bond acceptors (Lipinski definition) is 7. The van der Waals surface area contributed by atoms with Crippen molar-refractivity contribution in [1.29, 1.82) is 0 Å². The van der Waals surface area contributed by atoms with Crippen LogP contribution in [0.3, 0.4) is 0 Å². The third kappa shape index (κ3) is 4.01. The van der Waals surface area contributed by atoms with Gasteiger partial charge in [-0.3, -0.25) is 4.79 Å². The molecular formula is C22H25NO7S. The van der Waals surface area contributed by atoms with E-state index in [1.807, 2.05) is 19.9 Å². The number of fused-ring (bicyclic) bond motifs is 3. The molecule has 4 rings (SSSR count). The number of carbonyl (C=O) groups excluding carboxylic acids is 1. The van der Waals surface area contributed by atoms with E-state index in [1.165, 1.54) is 12.1 Å². The van der Waals surface area contributed by atoms with Gasteiger partial charge in [-0.2, -0.15) is 0 Å². The van der Waals surface area contributed by atoms with Crippen molar-refractivity contribution in [2.75, 3.05) is 26.7 Å². The second-order valence-corrected chi connectivity index (χ2v) is 9.87. The Morgan fingerprint density at radius 1 is 1.13 bits per heavy atom. The van der Waals surface area contributed by atoms with E-state index in [0.29, 0.717) is 42.5 Å². The summed E-state index contributed by atoms with van der Waals surface area (Å²) >= 11 is 0. The highest BCUT2D eigenvalue weighted by Crippen LogP contribution is 2.47. The zero-order valence-electron chi connectivity index (χ0n) is 17.9. The van der Waals surface area contributed by atoms with Gasteiger partial charge in [0, 0.05) is 18.4 Å². The largest absolute Gasteiger partial charge is 0.493 e. The Kier molecular flexibility index (Phi) is 5.47. The van der Waals surface area contributed by atoms with Crippen molar-refractivity contribution in [1.82, 2.24) is 4.90 Å². The maximum Gasteiger partial charge on any atom is 0.257 e. The second kappa shape index (κ2) is 7.96. The van der Waals surface area contributed by atoms with Crippen LogP contribution in [0.2, 0.25) is 0 Å². The fourth-order valence-corrected chi connectivity index (χ4v) is 4.47. The number of carbonyl (C=O) groups is 1. The van der Waals surface area contributed by atoms with Crippen LogP contribution in [-0.4, -0.2) is 52.0 Å². The molecule has 166 valence electrons. The Hall–Kier alpha value is -2.94. The van der Waals surface area contributed by atoms with Gasteiger partial charge in [0.2, 0.25) is 12.5 Å². The van der Waals surface area contributed by atoms with Crippen LogP contribution in [0.5, 0.6) is 23.0 Å². The Bertz CT molecular complexity index is 1140. The lowest BCUT2D eigenvalue weighted by atomic mass is 9.97. The lowest BCUT2D eigenvalue weighted by Crippen LogP contribution is -2.36. The maximum absolute atomic E-state index is 13.5. The number of methoxy groups -OCH3 is 1. The Balaban J connectivity index is 1.71. The van der Waals surface area contributed by atoms with E-state index in [9.17, 15) is 13.2 Å². The van der Waals surface area contributed by atoms with Crippen molar-refractivity contribution in [2.45, 2.75) is 37.8 Å². The molecule has 2 aliphatic rings. The van der Waals surface area contributed by atoms with Crippen LogP contribution in [-0.2, 0) is 22.8 Å². The summed E-state index contributed by atoms with van der Waals surface area (Å²) in [6.45, 7) is 4.58. The highest BCUT2D eigenvalue weighted by atomic mass is 32.2. The first-order valence-electron chi connectivity index (χ1n) is 9.97. The third-order valence-corrected chi connectivity index (χ3v) is 6.39. The second-order valence-electron chi connectivity index (χ2n) is 7.85. The number of amides is 1. The first kappa shape index (κ1) is 21.3. The Labute approximate surface area is 181 Å². The van der Waals surface area contributed by atoms with Crippen molar-refractivity contribution in [3.63, 3.8) is 0 Å². The molecule has 0 aliphatic carbocycles. The van der Waals surface area contributed by atoms with E-state index in [2.05, 4.69) is 0 Å². The summed E-state index contributed by atoms with van der Waals surface area (Å²) in [5, 5.41) is 0. The molecule has 1 amide bonds. The third-order valence-electron chi connectivity index (χ3n) is 5.28. The van der Waals surface area contributed by atoms with Crippen LogP contribution >= 0.6 is 0 Å². The number of sulfone groups is 1. The van der Waals surface area contributed by atoms with Crippen molar-refractivity contribution in [3.8, 4) is 23.0 Å². The molecule has 9 heteroatoms. The lowest BCUT2D eigenvalue weighted by molar-refractivity contribution is 0.0726. The Morgan fingerprint density at radius 3 is 2.55 bits per heavy atom. The molecule has 8 nitrogen and oxygen atoms in total. The van der Waals surface area contributed by atoms with Gasteiger partial charge in [0.15, 0.2) is 21.3 Å². The van der Waals surface area contributed by atoms with Gasteiger partial charge >= 0.3 is 0 Å². The number of rotatable bonds is 5. The molecule has 0 spiro atoms. The summed E-state index contributed by atoms with van der Waals surface area (Å²) < 4.78 is 46.5. The van der Waals surface area contributed by atoms with E-state index < -0.39 is 9.84 Å². The molecule has 2 aliphatic heterocycles. The highest BCUT2D eigenvalue weighted by molar-refractivity contribution is 7.90. The molecule has 2 aromatic carbocycles. The maximum atomic E-state index is 13.5. The van der Waals surface area contributed by atoms with Crippen LogP contribution in [0.4, 0.5) is 0 Å². The molecule has 0 unspecified atom stereocenters. The van der Waals surface area contributed by atoms with Gasteiger partial charge in [0.25, 0.3) is 5.91 Å². The van der Waals surface area contributed by atoms with E-state index in [1.54, 1.807) is 18.1 Å². The quantitative estimate of drug-likeness (QED) is 0.696. The molecule has 2 heterocycles. The first-order valence-corrected chi connectivity index (χ1v) is 11.9. The summed E-state index contributed by atoms with van der Waals surface area (Å²) in [7, 11) is -1.90. The molecule has 2 aromatic rings. The van der Waals surface area contributed by atoms with Gasteiger partial charge in [-0.1, -0.05) is 0 Å². The molecule has 0 N–H and O–H groups in total. The van der Waals surface area contributed by atoms with Crippen LogP contribution in [0.15, 0.2) is 29.2 Å². The SMILES string of the molecule is COc1cc2c(c3c1OCO3)CN(C(=O)c1cc(S(C)(=O)=O)ccc1OC(C)C)CC2. The first-order chi connectivity index (χ1) is 14.7. The van der Waals surface area contributed by atoms with E-state index in [0.717, 1.165) is 17.4 Å². The standard InChI is InChI=1S/C22H25NO7S/c1-13(2)30-18-6-5-15(31(4,25)26)10-16(18)22(24)23-8-7-14-9-19(27-3)21-20(17(14)11-23)28-12-29-21/h5-6,9-10,13H,7-8,11-12H2,1-4H3. The van der Waals surface area contributed by atoms with Crippen molar-refractivity contribution in [3.05, 3.63) is 41.0 Å². The Morgan fingerprint density at radius 2 is 1.87 bits per heavy atom. The topological polar surface area (TPSA) is 91.4 Å². The monoisotopic (exact) mass is 447 g/mol. The predicted octanol–water partition coefficient (Wildman–Crippen LogP) is 2.81. The van der Waals surface area contributed by atoms with Gasteiger partial charge in [0.05, 0.1) is 30.2 Å². The van der Waals surface area contributed by atoms with Gasteiger partial charge in [-0.25, -0.2) is 8.42 Å². The van der Waals surface area contributed by atoms with E-state index in [4.69, 9.17) is 18.9 Å². The molecule has 0 bridgehead atoms. The number of hydrogen-bond donors (Lipinski definition) is 0. The van der Waals surface area contributed by atoms with E-state index >= 15 is 0 Å². The van der Waals surface area contributed by atoms with Crippen LogP contribution in [0.25, 0.3) is 0 Å². The summed E-state index contributed by atoms with van der Waals surface area (Å²) in [5.74, 6) is 1.81. The van der Waals surface area contributed by atoms with Crippen molar-refractivity contribution < 1.29 is 32.2 Å². The normalized spacial score (nSPS) is 15.1. The number of benzene rings is 2. The molecule has 0 atom stereocenters. The van der Waals surface area contributed by atoms with E-state index in [-0.39, 0.29) is 29.3 Å². The molecule has 0 saturated carbocycles. The fourth-order valence-electron chi connectivity index (χ4n) is 3.82. The minimum atomic E-state index is -3.48. The smallest absolute Gasteiger partial charge is 0.257 e. The van der Waals surface area contributed by atoms with Gasteiger partial charge in [-0.15, -0.1) is 0 Å². The van der Waals surface area contributed by atoms with Gasteiger partial charge in [-0.05, 0) is 50.1 Å². The molecule has 0 saturated heterocycles. The van der Waals surface area contributed by atoms with Crippen LogP contribution in [0.1, 0.15) is 35.3 Å². The summed E-state index contributed by atoms with van der Waals surface area (Å²) in [5.41, 5.74) is 2.13. The summed E-state index contributed by atoms with van der Waals surface area (Å²) in [6, 6.07) is 6.31. The summed E-state index contributed by atoms with van der Waals surface area (Å²) in [4.78, 5) is 15.2. The minimum absolute atomic E-state index is 0.0757. The summed E-state index contributed by atoms with van der Waals surface area (Å²) in [6.07, 6.45) is 1.56. The van der Waals surface area contributed by atoms with Crippen molar-refractivity contribution in [2.24, 2.45) is 0 Å². The highest BCUT2D eigenvalue weighted by Gasteiger charge is 2.32. The molecule has 0 radical (unpaired) electrons.